The average Bonchev–Trinajstić information content (AvgIpc) is 2.83. The molecule has 1 aromatic rings. The second-order valence-electron chi connectivity index (χ2n) is 4.37. The van der Waals surface area contributed by atoms with Gasteiger partial charge in [0.05, 0.1) is 0 Å². The van der Waals surface area contributed by atoms with Crippen molar-refractivity contribution in [3.8, 4) is 0 Å². The Morgan fingerprint density at radius 1 is 1.50 bits per heavy atom. The Morgan fingerprint density at radius 3 is 2.71 bits per heavy atom. The van der Waals surface area contributed by atoms with Gasteiger partial charge in [-0.25, -0.2) is 4.39 Å². The van der Waals surface area contributed by atoms with Gasteiger partial charge in [-0.3, -0.25) is 0 Å². The van der Waals surface area contributed by atoms with Crippen molar-refractivity contribution in [3.63, 3.8) is 0 Å². The molecule has 14 heavy (non-hydrogen) atoms. The van der Waals surface area contributed by atoms with Crippen molar-refractivity contribution in [3.05, 3.63) is 35.1 Å². The number of benzene rings is 1. The van der Waals surface area contributed by atoms with Crippen molar-refractivity contribution in [1.29, 1.82) is 0 Å². The number of nitrogens with two attached hydrogens (primary N) is 1. The van der Waals surface area contributed by atoms with Crippen molar-refractivity contribution in [1.82, 2.24) is 0 Å². The second kappa shape index (κ2) is 3.35. The quantitative estimate of drug-likeness (QED) is 0.767. The van der Waals surface area contributed by atoms with Gasteiger partial charge in [0.15, 0.2) is 0 Å². The van der Waals surface area contributed by atoms with E-state index in [1.807, 2.05) is 19.9 Å². The lowest BCUT2D eigenvalue weighted by molar-refractivity contribution is 0.620. The lowest BCUT2D eigenvalue weighted by Gasteiger charge is -2.07. The van der Waals surface area contributed by atoms with E-state index >= 15 is 0 Å². The first-order chi connectivity index (χ1) is 6.59. The van der Waals surface area contributed by atoms with Crippen molar-refractivity contribution in [2.75, 3.05) is 0 Å². The SMILES string of the molecule is Cc1cc(F)ccc1C1CC1C(C)N. The van der Waals surface area contributed by atoms with Crippen molar-refractivity contribution in [2.24, 2.45) is 11.7 Å². The second-order valence-corrected chi connectivity index (χ2v) is 4.37. The fourth-order valence-electron chi connectivity index (χ4n) is 2.21. The lowest BCUT2D eigenvalue weighted by atomic mass is 10.0. The van der Waals surface area contributed by atoms with Crippen LogP contribution in [-0.4, -0.2) is 6.04 Å². The molecule has 3 unspecified atom stereocenters. The molecular weight excluding hydrogens is 177 g/mol. The summed E-state index contributed by atoms with van der Waals surface area (Å²) < 4.78 is 12.9. The molecule has 2 heteroatoms. The van der Waals surface area contributed by atoms with E-state index in [-0.39, 0.29) is 11.9 Å². The largest absolute Gasteiger partial charge is 0.328 e. The van der Waals surface area contributed by atoms with Crippen LogP contribution >= 0.6 is 0 Å². The highest BCUT2D eigenvalue weighted by molar-refractivity contribution is 5.34. The number of rotatable bonds is 2. The molecule has 0 radical (unpaired) electrons. The van der Waals surface area contributed by atoms with Crippen molar-refractivity contribution >= 4 is 0 Å². The van der Waals surface area contributed by atoms with Gasteiger partial charge in [-0.15, -0.1) is 0 Å². The van der Waals surface area contributed by atoms with Crippen molar-refractivity contribution < 1.29 is 4.39 Å². The van der Waals surface area contributed by atoms with Gasteiger partial charge in [-0.05, 0) is 55.4 Å². The molecule has 0 bridgehead atoms. The molecular formula is C12H16FN. The molecule has 0 aliphatic heterocycles. The Kier molecular flexibility index (Phi) is 2.31. The maximum absolute atomic E-state index is 12.9. The Labute approximate surface area is 84.1 Å². The summed E-state index contributed by atoms with van der Waals surface area (Å²) in [6.45, 7) is 4.01. The van der Waals surface area contributed by atoms with Crippen LogP contribution in [0.5, 0.6) is 0 Å². The summed E-state index contributed by atoms with van der Waals surface area (Å²) in [7, 11) is 0. The fraction of sp³-hybridized carbons (Fsp3) is 0.500. The maximum atomic E-state index is 12.9. The van der Waals surface area contributed by atoms with E-state index in [1.54, 1.807) is 12.1 Å². The minimum Gasteiger partial charge on any atom is -0.328 e. The van der Waals surface area contributed by atoms with Crippen molar-refractivity contribution in [2.45, 2.75) is 32.2 Å². The van der Waals surface area contributed by atoms with Crippen LogP contribution in [0.3, 0.4) is 0 Å². The molecule has 1 fully saturated rings. The highest BCUT2D eigenvalue weighted by Gasteiger charge is 2.41. The smallest absolute Gasteiger partial charge is 0.123 e. The molecule has 0 heterocycles. The Bertz CT molecular complexity index is 346. The number of hydrogen-bond donors (Lipinski definition) is 1. The first-order valence-corrected chi connectivity index (χ1v) is 5.11. The molecule has 0 aromatic heterocycles. The molecule has 1 aliphatic carbocycles. The van der Waals surface area contributed by atoms with Gasteiger partial charge in [0.25, 0.3) is 0 Å². The van der Waals surface area contributed by atoms with Gasteiger partial charge in [-0.1, -0.05) is 6.07 Å². The van der Waals surface area contributed by atoms with Crippen LogP contribution in [0.1, 0.15) is 30.4 Å². The van der Waals surface area contributed by atoms with E-state index in [0.29, 0.717) is 11.8 Å². The van der Waals surface area contributed by atoms with Gasteiger partial charge >= 0.3 is 0 Å². The summed E-state index contributed by atoms with van der Waals surface area (Å²) in [5.74, 6) is 1.01. The third kappa shape index (κ3) is 1.67. The normalized spacial score (nSPS) is 27.4. The summed E-state index contributed by atoms with van der Waals surface area (Å²) in [5.41, 5.74) is 8.16. The summed E-state index contributed by atoms with van der Waals surface area (Å²) >= 11 is 0. The zero-order valence-electron chi connectivity index (χ0n) is 8.63. The van der Waals surface area contributed by atoms with Crippen LogP contribution in [0.2, 0.25) is 0 Å². The van der Waals surface area contributed by atoms with E-state index in [0.717, 1.165) is 12.0 Å². The lowest BCUT2D eigenvalue weighted by Crippen LogP contribution is -2.18. The molecule has 3 atom stereocenters. The Hall–Kier alpha value is -0.890. The first-order valence-electron chi connectivity index (χ1n) is 5.11. The van der Waals surface area contributed by atoms with E-state index in [2.05, 4.69) is 0 Å². The van der Waals surface area contributed by atoms with E-state index in [4.69, 9.17) is 5.73 Å². The number of aryl methyl sites for hydroxylation is 1. The van der Waals surface area contributed by atoms with Crippen LogP contribution in [-0.2, 0) is 0 Å². The van der Waals surface area contributed by atoms with E-state index in [9.17, 15) is 4.39 Å². The predicted molar refractivity (Wildman–Crippen MR) is 55.6 cm³/mol. The fourth-order valence-corrected chi connectivity index (χ4v) is 2.21. The van der Waals surface area contributed by atoms with Gasteiger partial charge < -0.3 is 5.73 Å². The molecule has 1 aliphatic rings. The summed E-state index contributed by atoms with van der Waals surface area (Å²) in [6, 6.07) is 5.30. The van der Waals surface area contributed by atoms with Gasteiger partial charge in [0, 0.05) is 6.04 Å². The van der Waals surface area contributed by atoms with Gasteiger partial charge in [-0.2, -0.15) is 0 Å². The predicted octanol–water partition coefficient (Wildman–Crippen LogP) is 2.58. The molecule has 1 saturated carbocycles. The standard InChI is InChI=1S/C12H16FN/c1-7-5-9(13)3-4-10(7)12-6-11(12)8(2)14/h3-5,8,11-12H,6,14H2,1-2H3. The minimum atomic E-state index is -0.149. The first kappa shape index (κ1) is 9.66. The van der Waals surface area contributed by atoms with Gasteiger partial charge in [0.1, 0.15) is 5.82 Å². The van der Waals surface area contributed by atoms with Crippen LogP contribution < -0.4 is 5.73 Å². The third-order valence-electron chi connectivity index (χ3n) is 3.15. The highest BCUT2D eigenvalue weighted by Crippen LogP contribution is 2.49. The molecule has 2 N–H and O–H groups in total. The minimum absolute atomic E-state index is 0.149. The zero-order chi connectivity index (χ0) is 10.3. The Morgan fingerprint density at radius 2 is 2.21 bits per heavy atom. The van der Waals surface area contributed by atoms with Gasteiger partial charge in [0.2, 0.25) is 0 Å². The summed E-state index contributed by atoms with van der Waals surface area (Å²) in [6.07, 6.45) is 1.16. The summed E-state index contributed by atoms with van der Waals surface area (Å²) in [5, 5.41) is 0. The molecule has 0 spiro atoms. The molecule has 2 rings (SSSR count). The number of hydrogen-bond acceptors (Lipinski definition) is 1. The molecule has 76 valence electrons. The van der Waals surface area contributed by atoms with E-state index in [1.165, 1.54) is 5.56 Å². The monoisotopic (exact) mass is 193 g/mol. The number of halogens is 1. The van der Waals surface area contributed by atoms with Crippen LogP contribution in [0.25, 0.3) is 0 Å². The van der Waals surface area contributed by atoms with E-state index < -0.39 is 0 Å². The third-order valence-corrected chi connectivity index (χ3v) is 3.15. The Balaban J connectivity index is 2.19. The molecule has 1 nitrogen and oxygen atoms in total. The van der Waals surface area contributed by atoms with Crippen LogP contribution in [0.4, 0.5) is 4.39 Å². The topological polar surface area (TPSA) is 26.0 Å². The average molecular weight is 193 g/mol. The summed E-state index contributed by atoms with van der Waals surface area (Å²) in [4.78, 5) is 0. The van der Waals surface area contributed by atoms with Crippen LogP contribution in [0.15, 0.2) is 18.2 Å². The molecule has 0 saturated heterocycles. The molecule has 0 amide bonds. The highest BCUT2D eigenvalue weighted by atomic mass is 19.1. The maximum Gasteiger partial charge on any atom is 0.123 e. The van der Waals surface area contributed by atoms with Crippen LogP contribution in [0, 0.1) is 18.7 Å². The zero-order valence-corrected chi connectivity index (χ0v) is 8.63. The molecule has 1 aromatic carbocycles.